The van der Waals surface area contributed by atoms with Gasteiger partial charge < -0.3 is 15.3 Å². The standard InChI is InChI=1S/C22H34O5/c1-3-4-7-14(2)19(23)11-10-17-16(20(24)13-21(17)25)9-6-5-8-15-12-18(15)22(26)27/h5-6,10-11,14-19,21,23,25H,3-4,7-9,12-13H2,1-2H3,(H,26,27)/t14-,15+,16+,17+,18+,19+,21+/m0/s1. The highest BCUT2D eigenvalue weighted by molar-refractivity contribution is 5.84. The molecule has 0 bridgehead atoms. The van der Waals surface area contributed by atoms with E-state index >= 15 is 0 Å². The molecular weight excluding hydrogens is 344 g/mol. The fourth-order valence-corrected chi connectivity index (χ4v) is 3.98. The number of carbonyl (C=O) groups is 2. The van der Waals surface area contributed by atoms with Crippen LogP contribution in [0, 0.1) is 29.6 Å². The van der Waals surface area contributed by atoms with E-state index in [0.717, 1.165) is 32.1 Å². The minimum absolute atomic E-state index is 0.0603. The third-order valence-corrected chi connectivity index (χ3v) is 6.09. The van der Waals surface area contributed by atoms with E-state index in [9.17, 15) is 19.8 Å². The lowest BCUT2D eigenvalue weighted by Gasteiger charge is -2.19. The molecule has 5 nitrogen and oxygen atoms in total. The molecule has 0 spiro atoms. The van der Waals surface area contributed by atoms with Gasteiger partial charge in [0.25, 0.3) is 0 Å². The Morgan fingerprint density at radius 2 is 2.00 bits per heavy atom. The van der Waals surface area contributed by atoms with Crippen LogP contribution >= 0.6 is 0 Å². The van der Waals surface area contributed by atoms with Crippen molar-refractivity contribution in [3.8, 4) is 0 Å². The van der Waals surface area contributed by atoms with Gasteiger partial charge in [-0.15, -0.1) is 0 Å². The lowest BCUT2D eigenvalue weighted by atomic mass is 9.89. The molecule has 2 aliphatic carbocycles. The van der Waals surface area contributed by atoms with E-state index in [2.05, 4.69) is 6.92 Å². The van der Waals surface area contributed by atoms with Crippen molar-refractivity contribution in [3.05, 3.63) is 24.3 Å². The second kappa shape index (κ2) is 10.2. The summed E-state index contributed by atoms with van der Waals surface area (Å²) < 4.78 is 0. The number of unbranched alkanes of at least 4 members (excludes halogenated alkanes) is 1. The number of allylic oxidation sites excluding steroid dienone is 2. The lowest BCUT2D eigenvalue weighted by molar-refractivity contribution is -0.138. The molecule has 2 rings (SSSR count). The first-order valence-corrected chi connectivity index (χ1v) is 10.3. The molecule has 152 valence electrons. The number of aliphatic hydroxyl groups excluding tert-OH is 2. The predicted molar refractivity (Wildman–Crippen MR) is 104 cm³/mol. The number of carbonyl (C=O) groups excluding carboxylic acids is 1. The lowest BCUT2D eigenvalue weighted by Crippen LogP contribution is -2.20. The Kier molecular flexibility index (Phi) is 8.24. The zero-order valence-corrected chi connectivity index (χ0v) is 16.5. The van der Waals surface area contributed by atoms with Crippen LogP contribution in [-0.4, -0.2) is 39.3 Å². The summed E-state index contributed by atoms with van der Waals surface area (Å²) in [6, 6.07) is 0. The first kappa shape index (κ1) is 21.8. The van der Waals surface area contributed by atoms with Crippen LogP contribution in [-0.2, 0) is 9.59 Å². The maximum absolute atomic E-state index is 12.2. The Bertz CT molecular complexity index is 567. The molecule has 0 aromatic rings. The topological polar surface area (TPSA) is 94.8 Å². The van der Waals surface area contributed by atoms with E-state index in [0.29, 0.717) is 6.42 Å². The van der Waals surface area contributed by atoms with Gasteiger partial charge in [0.15, 0.2) is 0 Å². The molecule has 0 radical (unpaired) electrons. The van der Waals surface area contributed by atoms with Gasteiger partial charge in [-0.05, 0) is 37.5 Å². The molecule has 0 aromatic heterocycles. The molecule has 2 saturated carbocycles. The van der Waals surface area contributed by atoms with Gasteiger partial charge in [0.1, 0.15) is 5.78 Å². The van der Waals surface area contributed by atoms with Gasteiger partial charge in [-0.1, -0.05) is 51.0 Å². The van der Waals surface area contributed by atoms with Crippen molar-refractivity contribution >= 4 is 11.8 Å². The Morgan fingerprint density at radius 3 is 2.63 bits per heavy atom. The highest BCUT2D eigenvalue weighted by Crippen LogP contribution is 2.41. The fourth-order valence-electron chi connectivity index (χ4n) is 3.98. The summed E-state index contributed by atoms with van der Waals surface area (Å²) in [5.41, 5.74) is 0. The number of carboxylic acid groups (broad SMARTS) is 1. The average Bonchev–Trinajstić information content (AvgIpc) is 3.35. The van der Waals surface area contributed by atoms with E-state index < -0.39 is 18.2 Å². The summed E-state index contributed by atoms with van der Waals surface area (Å²) in [6.45, 7) is 4.14. The minimum atomic E-state index is -0.723. The van der Waals surface area contributed by atoms with Crippen LogP contribution in [0.15, 0.2) is 24.3 Å². The van der Waals surface area contributed by atoms with Crippen LogP contribution in [0.5, 0.6) is 0 Å². The van der Waals surface area contributed by atoms with Crippen LogP contribution in [0.4, 0.5) is 0 Å². The largest absolute Gasteiger partial charge is 0.481 e. The Balaban J connectivity index is 1.85. The molecule has 7 atom stereocenters. The van der Waals surface area contributed by atoms with Gasteiger partial charge in [-0.3, -0.25) is 9.59 Å². The van der Waals surface area contributed by atoms with Gasteiger partial charge in [-0.25, -0.2) is 0 Å². The predicted octanol–water partition coefficient (Wildman–Crippen LogP) is 3.35. The third-order valence-electron chi connectivity index (χ3n) is 6.09. The molecule has 0 amide bonds. The Hall–Kier alpha value is -1.46. The number of ketones is 1. The first-order valence-electron chi connectivity index (χ1n) is 10.3. The average molecular weight is 379 g/mol. The second-order valence-corrected chi connectivity index (χ2v) is 8.30. The van der Waals surface area contributed by atoms with Crippen LogP contribution in [0.2, 0.25) is 0 Å². The van der Waals surface area contributed by atoms with E-state index in [1.54, 1.807) is 6.08 Å². The molecule has 0 unspecified atom stereocenters. The summed E-state index contributed by atoms with van der Waals surface area (Å²) in [5, 5.41) is 29.4. The van der Waals surface area contributed by atoms with Crippen molar-refractivity contribution in [1.82, 2.24) is 0 Å². The van der Waals surface area contributed by atoms with Crippen LogP contribution < -0.4 is 0 Å². The van der Waals surface area contributed by atoms with Crippen molar-refractivity contribution in [1.29, 1.82) is 0 Å². The second-order valence-electron chi connectivity index (χ2n) is 8.30. The number of aliphatic carboxylic acids is 1. The number of aliphatic hydroxyl groups is 2. The van der Waals surface area contributed by atoms with Crippen LogP contribution in [0.3, 0.4) is 0 Å². The normalized spacial score (nSPS) is 33.0. The molecule has 0 heterocycles. The summed E-state index contributed by atoms with van der Waals surface area (Å²) in [7, 11) is 0. The Morgan fingerprint density at radius 1 is 1.30 bits per heavy atom. The number of Topliss-reactive ketones (excluding diaryl/α,β-unsaturated/α-hetero) is 1. The van der Waals surface area contributed by atoms with Crippen LogP contribution in [0.25, 0.3) is 0 Å². The van der Waals surface area contributed by atoms with Crippen molar-refractivity contribution in [2.75, 3.05) is 0 Å². The van der Waals surface area contributed by atoms with Crippen molar-refractivity contribution in [3.63, 3.8) is 0 Å². The minimum Gasteiger partial charge on any atom is -0.481 e. The van der Waals surface area contributed by atoms with Gasteiger partial charge in [-0.2, -0.15) is 0 Å². The Labute approximate surface area is 162 Å². The molecule has 2 fully saturated rings. The number of carboxylic acids is 1. The molecule has 2 aliphatic rings. The molecule has 0 saturated heterocycles. The van der Waals surface area contributed by atoms with Crippen LogP contribution in [0.1, 0.15) is 58.8 Å². The first-order chi connectivity index (χ1) is 12.8. The third kappa shape index (κ3) is 6.28. The molecule has 3 N–H and O–H groups in total. The van der Waals surface area contributed by atoms with E-state index in [4.69, 9.17) is 5.11 Å². The van der Waals surface area contributed by atoms with Gasteiger partial charge in [0.2, 0.25) is 0 Å². The molecule has 27 heavy (non-hydrogen) atoms. The molecular formula is C22H34O5. The van der Waals surface area contributed by atoms with Gasteiger partial charge in [0.05, 0.1) is 18.1 Å². The highest BCUT2D eigenvalue weighted by atomic mass is 16.4. The number of hydrogen-bond donors (Lipinski definition) is 3. The maximum atomic E-state index is 12.2. The summed E-state index contributed by atoms with van der Waals surface area (Å²) in [6.07, 6.45) is 11.5. The molecule has 5 heteroatoms. The van der Waals surface area contributed by atoms with Crippen molar-refractivity contribution < 1.29 is 24.9 Å². The number of hydrogen-bond acceptors (Lipinski definition) is 4. The molecule has 0 aliphatic heterocycles. The summed E-state index contributed by atoms with van der Waals surface area (Å²) in [4.78, 5) is 23.1. The number of rotatable bonds is 11. The summed E-state index contributed by atoms with van der Waals surface area (Å²) >= 11 is 0. The smallest absolute Gasteiger partial charge is 0.306 e. The maximum Gasteiger partial charge on any atom is 0.306 e. The highest BCUT2D eigenvalue weighted by Gasteiger charge is 2.42. The molecule has 0 aromatic carbocycles. The zero-order valence-electron chi connectivity index (χ0n) is 16.5. The summed E-state index contributed by atoms with van der Waals surface area (Å²) in [5.74, 6) is -1.02. The van der Waals surface area contributed by atoms with Crippen molar-refractivity contribution in [2.24, 2.45) is 29.6 Å². The zero-order chi connectivity index (χ0) is 20.0. The van der Waals surface area contributed by atoms with E-state index in [1.807, 2.05) is 25.2 Å². The van der Waals surface area contributed by atoms with E-state index in [-0.39, 0.29) is 41.8 Å². The van der Waals surface area contributed by atoms with Gasteiger partial charge >= 0.3 is 5.97 Å². The quantitative estimate of drug-likeness (QED) is 0.479. The SMILES string of the molecule is CCCC[C@H](C)[C@H](O)C=C[C@H]1[C@H](O)CC(=O)[C@@H]1CC=CC[C@@H]1C[C@H]1C(=O)O. The van der Waals surface area contributed by atoms with Gasteiger partial charge in [0, 0.05) is 18.3 Å². The monoisotopic (exact) mass is 378 g/mol. The van der Waals surface area contributed by atoms with Crippen molar-refractivity contribution in [2.45, 2.75) is 71.0 Å². The van der Waals surface area contributed by atoms with E-state index in [1.165, 1.54) is 0 Å². The fraction of sp³-hybridized carbons (Fsp3) is 0.727.